The molecule has 0 bridgehead atoms. The lowest BCUT2D eigenvalue weighted by Crippen LogP contribution is -2.44. The van der Waals surface area contributed by atoms with Gasteiger partial charge in [-0.25, -0.2) is 0 Å². The van der Waals surface area contributed by atoms with E-state index in [0.29, 0.717) is 11.8 Å². The van der Waals surface area contributed by atoms with Crippen molar-refractivity contribution in [3.63, 3.8) is 0 Å². The Hall–Kier alpha value is -1.31. The first kappa shape index (κ1) is 14.1. The topological polar surface area (TPSA) is 26.3 Å². The summed E-state index contributed by atoms with van der Waals surface area (Å²) in [6.45, 7) is 14.6. The zero-order valence-electron chi connectivity index (χ0n) is 12.2. The number of carbonyl (C=O) groups is 1. The zero-order chi connectivity index (χ0) is 14.2. The highest BCUT2D eigenvalue weighted by Crippen LogP contribution is 2.54. The molecule has 2 heteroatoms. The summed E-state index contributed by atoms with van der Waals surface area (Å²) in [6.07, 6.45) is 6.81. The van der Waals surface area contributed by atoms with E-state index in [4.69, 9.17) is 4.74 Å². The van der Waals surface area contributed by atoms with Crippen LogP contribution in [0.3, 0.4) is 0 Å². The maximum atomic E-state index is 10.7. The van der Waals surface area contributed by atoms with Gasteiger partial charge in [0.15, 0.2) is 0 Å². The van der Waals surface area contributed by atoms with Crippen LogP contribution in [0.5, 0.6) is 0 Å². The molecule has 1 aliphatic heterocycles. The molecule has 5 atom stereocenters. The molecule has 104 valence electrons. The first-order valence-electron chi connectivity index (χ1n) is 7.05. The number of ether oxygens (including phenoxy) is 1. The minimum atomic E-state index is 0.0450. The molecule has 2 nitrogen and oxygen atoms in total. The molecule has 1 aliphatic carbocycles. The Bertz CT molecular complexity index is 435. The smallest absolute Gasteiger partial charge is 0.146 e. The largest absolute Gasteiger partial charge is 0.493 e. The molecular formula is C17H24O2. The van der Waals surface area contributed by atoms with Crippen LogP contribution in [0.2, 0.25) is 0 Å². The van der Waals surface area contributed by atoms with Crippen molar-refractivity contribution in [3.8, 4) is 0 Å². The maximum absolute atomic E-state index is 10.7. The van der Waals surface area contributed by atoms with Crippen molar-refractivity contribution in [2.75, 3.05) is 0 Å². The lowest BCUT2D eigenvalue weighted by atomic mass is 9.59. The molecule has 0 spiro atoms. The Morgan fingerprint density at radius 3 is 2.74 bits per heavy atom. The summed E-state index contributed by atoms with van der Waals surface area (Å²) < 4.78 is 6.11. The highest BCUT2D eigenvalue weighted by Gasteiger charge is 2.52. The van der Waals surface area contributed by atoms with E-state index in [1.165, 1.54) is 0 Å². The zero-order valence-corrected chi connectivity index (χ0v) is 12.2. The van der Waals surface area contributed by atoms with Crippen LogP contribution in [0.1, 0.15) is 33.6 Å². The number of fused-ring (bicyclic) bond motifs is 1. The van der Waals surface area contributed by atoms with Gasteiger partial charge >= 0.3 is 0 Å². The standard InChI is InChI=1S/C17H24O2/c1-6-17(5)9-7-13-12(4)14(8-10-18)19-16(13)15(17)11(2)3/h6,8,10,12-13,15-16H,1-2,7,9H2,3-5H3/b14-8-/t12-,13-,15-,16+,17-/m0/s1. The average Bonchev–Trinajstić information content (AvgIpc) is 2.66. The normalized spacial score (nSPS) is 43.4. The Kier molecular flexibility index (Phi) is 3.71. The van der Waals surface area contributed by atoms with Crippen molar-refractivity contribution in [1.82, 2.24) is 0 Å². The van der Waals surface area contributed by atoms with E-state index in [0.717, 1.165) is 30.5 Å². The van der Waals surface area contributed by atoms with Gasteiger partial charge in [-0.05, 0) is 25.2 Å². The molecule has 0 radical (unpaired) electrons. The minimum Gasteiger partial charge on any atom is -0.493 e. The van der Waals surface area contributed by atoms with E-state index in [1.54, 1.807) is 6.08 Å². The van der Waals surface area contributed by atoms with E-state index in [-0.39, 0.29) is 17.4 Å². The summed E-state index contributed by atoms with van der Waals surface area (Å²) >= 11 is 0. The van der Waals surface area contributed by atoms with E-state index in [2.05, 4.69) is 40.0 Å². The van der Waals surface area contributed by atoms with Crippen molar-refractivity contribution in [2.45, 2.75) is 39.7 Å². The molecule has 0 aromatic carbocycles. The lowest BCUT2D eigenvalue weighted by molar-refractivity contribution is -0.104. The van der Waals surface area contributed by atoms with Gasteiger partial charge in [-0.2, -0.15) is 0 Å². The van der Waals surface area contributed by atoms with Crippen LogP contribution in [0.4, 0.5) is 0 Å². The molecule has 19 heavy (non-hydrogen) atoms. The molecule has 0 unspecified atom stereocenters. The lowest BCUT2D eigenvalue weighted by Gasteiger charge is -2.45. The summed E-state index contributed by atoms with van der Waals surface area (Å²) in [7, 11) is 0. The van der Waals surface area contributed by atoms with Gasteiger partial charge < -0.3 is 4.74 Å². The third kappa shape index (κ3) is 2.18. The highest BCUT2D eigenvalue weighted by atomic mass is 16.5. The molecule has 0 aromatic rings. The van der Waals surface area contributed by atoms with Crippen LogP contribution in [0.15, 0.2) is 36.6 Å². The van der Waals surface area contributed by atoms with Crippen LogP contribution >= 0.6 is 0 Å². The predicted octanol–water partition coefficient (Wildman–Crippen LogP) is 3.90. The molecule has 1 saturated carbocycles. The number of carbonyl (C=O) groups excluding carboxylic acids is 1. The van der Waals surface area contributed by atoms with Crippen LogP contribution in [0.25, 0.3) is 0 Å². The summed E-state index contributed by atoms with van der Waals surface area (Å²) in [6, 6.07) is 0. The third-order valence-electron chi connectivity index (χ3n) is 5.07. The number of rotatable bonds is 3. The second-order valence-electron chi connectivity index (χ2n) is 6.31. The molecule has 0 aromatic heterocycles. The van der Waals surface area contributed by atoms with Gasteiger partial charge in [-0.3, -0.25) is 4.79 Å². The van der Waals surface area contributed by atoms with E-state index in [1.807, 2.05) is 0 Å². The van der Waals surface area contributed by atoms with Gasteiger partial charge in [-0.15, -0.1) is 6.58 Å². The fourth-order valence-electron chi connectivity index (χ4n) is 3.92. The van der Waals surface area contributed by atoms with Crippen molar-refractivity contribution in [2.24, 2.45) is 23.2 Å². The molecular weight excluding hydrogens is 236 g/mol. The van der Waals surface area contributed by atoms with Crippen molar-refractivity contribution < 1.29 is 9.53 Å². The fourth-order valence-corrected chi connectivity index (χ4v) is 3.92. The number of aldehydes is 1. The van der Waals surface area contributed by atoms with E-state index < -0.39 is 0 Å². The molecule has 2 fully saturated rings. The summed E-state index contributed by atoms with van der Waals surface area (Å²) in [5.41, 5.74) is 1.19. The van der Waals surface area contributed by atoms with Crippen molar-refractivity contribution >= 4 is 6.29 Å². The van der Waals surface area contributed by atoms with Gasteiger partial charge in [0.25, 0.3) is 0 Å². The first-order chi connectivity index (χ1) is 8.94. The van der Waals surface area contributed by atoms with Gasteiger partial charge in [0.05, 0.1) is 0 Å². The molecule has 0 N–H and O–H groups in total. The summed E-state index contributed by atoms with van der Waals surface area (Å²) in [5.74, 6) is 1.93. The van der Waals surface area contributed by atoms with Crippen molar-refractivity contribution in [3.05, 3.63) is 36.6 Å². The Morgan fingerprint density at radius 1 is 1.53 bits per heavy atom. The molecule has 1 heterocycles. The Labute approximate surface area is 116 Å². The Morgan fingerprint density at radius 2 is 2.21 bits per heavy atom. The second-order valence-corrected chi connectivity index (χ2v) is 6.31. The van der Waals surface area contributed by atoms with Gasteiger partial charge in [0.2, 0.25) is 0 Å². The molecule has 2 rings (SSSR count). The van der Waals surface area contributed by atoms with E-state index >= 15 is 0 Å². The predicted molar refractivity (Wildman–Crippen MR) is 77.5 cm³/mol. The van der Waals surface area contributed by atoms with Crippen LogP contribution in [-0.2, 0) is 9.53 Å². The summed E-state index contributed by atoms with van der Waals surface area (Å²) in [4.78, 5) is 10.7. The quantitative estimate of drug-likeness (QED) is 0.437. The average molecular weight is 260 g/mol. The van der Waals surface area contributed by atoms with Crippen LogP contribution in [0, 0.1) is 23.2 Å². The third-order valence-corrected chi connectivity index (χ3v) is 5.07. The van der Waals surface area contributed by atoms with Gasteiger partial charge in [0.1, 0.15) is 18.1 Å². The van der Waals surface area contributed by atoms with Crippen LogP contribution in [-0.4, -0.2) is 12.4 Å². The van der Waals surface area contributed by atoms with Gasteiger partial charge in [-0.1, -0.05) is 32.1 Å². The highest BCUT2D eigenvalue weighted by molar-refractivity contribution is 5.65. The second kappa shape index (κ2) is 4.99. The number of allylic oxidation sites excluding steroid dienone is 3. The maximum Gasteiger partial charge on any atom is 0.146 e. The van der Waals surface area contributed by atoms with Gasteiger partial charge in [0, 0.05) is 23.8 Å². The molecule has 1 saturated heterocycles. The monoisotopic (exact) mass is 260 g/mol. The van der Waals surface area contributed by atoms with Crippen molar-refractivity contribution in [1.29, 1.82) is 0 Å². The molecule has 0 amide bonds. The first-order valence-corrected chi connectivity index (χ1v) is 7.05. The fraction of sp³-hybridized carbons (Fsp3) is 0.588. The summed E-state index contributed by atoms with van der Waals surface area (Å²) in [5, 5.41) is 0. The van der Waals surface area contributed by atoms with E-state index in [9.17, 15) is 4.79 Å². The van der Waals surface area contributed by atoms with Crippen LogP contribution < -0.4 is 0 Å². The number of hydrogen-bond donors (Lipinski definition) is 0. The SMILES string of the molecule is C=C[C@@]1(C)CC[C@@H]2[C@@H](O/C(=C\C=O)[C@H]2C)[C@@H]1C(=C)C. The minimum absolute atomic E-state index is 0.0450. The number of hydrogen-bond acceptors (Lipinski definition) is 2. The Balaban J connectivity index is 2.37. The molecule has 2 aliphatic rings.